The second-order valence-electron chi connectivity index (χ2n) is 3.98. The Kier molecular flexibility index (Phi) is 6.29. The topological polar surface area (TPSA) is 29.1 Å². The van der Waals surface area contributed by atoms with Crippen LogP contribution < -0.4 is 5.32 Å². The van der Waals surface area contributed by atoms with E-state index in [-0.39, 0.29) is 5.91 Å². The largest absolute Gasteiger partial charge is 0.325 e. The van der Waals surface area contributed by atoms with Crippen molar-refractivity contribution in [1.82, 2.24) is 0 Å². The molecular weight excluding hydrogens is 330 g/mol. The standard InChI is InChI=1S/C14H14ClNOS3/c1-18-11-4-2-10(3-5-11)16-14(17)9-19-8-12-6-7-13(15)20-12/h2-7H,8-9H2,1H3,(H,16,17). The molecule has 0 aliphatic heterocycles. The SMILES string of the molecule is CSc1ccc(NC(=O)CSCc2ccc(Cl)s2)cc1. The molecule has 0 unspecified atom stereocenters. The molecule has 0 aliphatic rings. The second kappa shape index (κ2) is 7.98. The number of halogens is 1. The lowest BCUT2D eigenvalue weighted by molar-refractivity contribution is -0.113. The van der Waals surface area contributed by atoms with Gasteiger partial charge < -0.3 is 5.32 Å². The average molecular weight is 344 g/mol. The molecule has 0 radical (unpaired) electrons. The van der Waals surface area contributed by atoms with Crippen LogP contribution in [-0.4, -0.2) is 17.9 Å². The van der Waals surface area contributed by atoms with Crippen molar-refractivity contribution in [3.8, 4) is 0 Å². The smallest absolute Gasteiger partial charge is 0.234 e. The third kappa shape index (κ3) is 5.05. The Bertz CT molecular complexity index is 568. The van der Waals surface area contributed by atoms with Crippen LogP contribution in [0.5, 0.6) is 0 Å². The van der Waals surface area contributed by atoms with Gasteiger partial charge in [-0.15, -0.1) is 34.9 Å². The molecule has 0 atom stereocenters. The molecule has 0 spiro atoms. The lowest BCUT2D eigenvalue weighted by atomic mass is 10.3. The summed E-state index contributed by atoms with van der Waals surface area (Å²) in [5.74, 6) is 1.28. The van der Waals surface area contributed by atoms with Crippen LogP contribution >= 0.6 is 46.5 Å². The van der Waals surface area contributed by atoms with Crippen LogP contribution in [0.2, 0.25) is 4.34 Å². The Hall–Kier alpha value is -0.620. The summed E-state index contributed by atoms with van der Waals surface area (Å²) >= 11 is 10.7. The van der Waals surface area contributed by atoms with E-state index in [1.54, 1.807) is 34.9 Å². The minimum absolute atomic E-state index is 0.0227. The van der Waals surface area contributed by atoms with Gasteiger partial charge >= 0.3 is 0 Å². The van der Waals surface area contributed by atoms with Gasteiger partial charge in [-0.3, -0.25) is 4.79 Å². The molecule has 106 valence electrons. The van der Waals surface area contributed by atoms with Crippen molar-refractivity contribution < 1.29 is 4.79 Å². The maximum Gasteiger partial charge on any atom is 0.234 e. The van der Waals surface area contributed by atoms with E-state index in [1.165, 1.54) is 9.77 Å². The maximum atomic E-state index is 11.8. The van der Waals surface area contributed by atoms with Gasteiger partial charge in [-0.2, -0.15) is 0 Å². The lowest BCUT2D eigenvalue weighted by Crippen LogP contribution is -2.13. The van der Waals surface area contributed by atoms with Crippen molar-refractivity contribution in [2.45, 2.75) is 10.6 Å². The van der Waals surface area contributed by atoms with Gasteiger partial charge in [0.05, 0.1) is 10.1 Å². The van der Waals surface area contributed by atoms with Gasteiger partial charge in [0.1, 0.15) is 0 Å². The summed E-state index contributed by atoms with van der Waals surface area (Å²) in [6.07, 6.45) is 2.03. The zero-order chi connectivity index (χ0) is 14.4. The van der Waals surface area contributed by atoms with Crippen LogP contribution in [0.25, 0.3) is 0 Å². The number of carbonyl (C=O) groups is 1. The first kappa shape index (κ1) is 15.8. The van der Waals surface area contributed by atoms with Crippen LogP contribution in [0.4, 0.5) is 5.69 Å². The number of benzene rings is 1. The van der Waals surface area contributed by atoms with Gasteiger partial charge in [0.2, 0.25) is 5.91 Å². The fourth-order valence-corrected chi connectivity index (χ4v) is 3.98. The van der Waals surface area contributed by atoms with E-state index in [9.17, 15) is 4.79 Å². The molecule has 2 rings (SSSR count). The summed E-state index contributed by atoms with van der Waals surface area (Å²) in [5, 5.41) is 2.89. The molecule has 0 saturated heterocycles. The molecule has 1 amide bonds. The molecule has 2 nitrogen and oxygen atoms in total. The molecule has 1 N–H and O–H groups in total. The summed E-state index contributed by atoms with van der Waals surface area (Å²) in [7, 11) is 0. The molecule has 0 aliphatic carbocycles. The number of anilines is 1. The van der Waals surface area contributed by atoms with E-state index in [2.05, 4.69) is 5.32 Å². The van der Waals surface area contributed by atoms with Gasteiger partial charge in [0.25, 0.3) is 0 Å². The summed E-state index contributed by atoms with van der Waals surface area (Å²) < 4.78 is 0.791. The Morgan fingerprint density at radius 1 is 1.25 bits per heavy atom. The first-order valence-corrected chi connectivity index (χ1v) is 9.50. The Morgan fingerprint density at radius 3 is 2.60 bits per heavy atom. The summed E-state index contributed by atoms with van der Waals surface area (Å²) in [6.45, 7) is 0. The first-order valence-electron chi connectivity index (χ1n) is 5.93. The highest BCUT2D eigenvalue weighted by atomic mass is 35.5. The predicted molar refractivity (Wildman–Crippen MR) is 92.3 cm³/mol. The molecule has 0 saturated carbocycles. The zero-order valence-corrected chi connectivity index (χ0v) is 14.1. The molecule has 1 aromatic carbocycles. The molecule has 2 aromatic rings. The minimum atomic E-state index is 0.0227. The number of carbonyl (C=O) groups excluding carboxylic acids is 1. The molecule has 0 bridgehead atoms. The molecule has 20 heavy (non-hydrogen) atoms. The lowest BCUT2D eigenvalue weighted by Gasteiger charge is -2.05. The molecule has 6 heteroatoms. The van der Waals surface area contributed by atoms with Gasteiger partial charge in [0.15, 0.2) is 0 Å². The molecule has 1 heterocycles. The van der Waals surface area contributed by atoms with Gasteiger partial charge in [-0.1, -0.05) is 11.6 Å². The van der Waals surface area contributed by atoms with Gasteiger partial charge in [-0.25, -0.2) is 0 Å². The normalized spacial score (nSPS) is 10.5. The van der Waals surface area contributed by atoms with Crippen LogP contribution in [0, 0.1) is 0 Å². The van der Waals surface area contributed by atoms with Crippen LogP contribution in [0.15, 0.2) is 41.3 Å². The van der Waals surface area contributed by atoms with Crippen LogP contribution in [-0.2, 0) is 10.5 Å². The minimum Gasteiger partial charge on any atom is -0.325 e. The van der Waals surface area contributed by atoms with E-state index in [1.807, 2.05) is 42.7 Å². The van der Waals surface area contributed by atoms with Crippen molar-refractivity contribution in [2.24, 2.45) is 0 Å². The molecule has 0 fully saturated rings. The number of amides is 1. The van der Waals surface area contributed by atoms with Crippen molar-refractivity contribution >= 4 is 58.1 Å². The number of thiophene rings is 1. The summed E-state index contributed by atoms with van der Waals surface area (Å²) in [5.41, 5.74) is 0.840. The quantitative estimate of drug-likeness (QED) is 0.749. The van der Waals surface area contributed by atoms with E-state index >= 15 is 0 Å². The second-order valence-corrected chi connectivity index (χ2v) is 7.64. The van der Waals surface area contributed by atoms with Crippen molar-refractivity contribution in [2.75, 3.05) is 17.3 Å². The van der Waals surface area contributed by atoms with Crippen LogP contribution in [0.1, 0.15) is 4.88 Å². The first-order chi connectivity index (χ1) is 9.67. The number of nitrogens with one attached hydrogen (secondary N) is 1. The summed E-state index contributed by atoms with van der Waals surface area (Å²) in [6, 6.07) is 11.7. The zero-order valence-electron chi connectivity index (χ0n) is 10.9. The fraction of sp³-hybridized carbons (Fsp3) is 0.214. The van der Waals surface area contributed by atoms with E-state index in [0.29, 0.717) is 5.75 Å². The Labute approximate surface area is 136 Å². The molecule has 1 aromatic heterocycles. The van der Waals surface area contributed by atoms with Crippen molar-refractivity contribution in [3.05, 3.63) is 45.6 Å². The number of rotatable bonds is 6. The Balaban J connectivity index is 1.74. The number of thioether (sulfide) groups is 2. The van der Waals surface area contributed by atoms with Crippen molar-refractivity contribution in [3.63, 3.8) is 0 Å². The summed E-state index contributed by atoms with van der Waals surface area (Å²) in [4.78, 5) is 14.2. The number of hydrogen-bond donors (Lipinski definition) is 1. The molecular formula is C14H14ClNOS3. The highest BCUT2D eigenvalue weighted by Gasteiger charge is 2.04. The average Bonchev–Trinajstić information content (AvgIpc) is 2.85. The van der Waals surface area contributed by atoms with E-state index in [0.717, 1.165) is 15.8 Å². The van der Waals surface area contributed by atoms with Gasteiger partial charge in [0, 0.05) is 21.2 Å². The monoisotopic (exact) mass is 343 g/mol. The third-order valence-electron chi connectivity index (χ3n) is 2.48. The van der Waals surface area contributed by atoms with E-state index < -0.39 is 0 Å². The predicted octanol–water partition coefficient (Wildman–Crippen LogP) is 5.00. The maximum absolute atomic E-state index is 11.8. The highest BCUT2D eigenvalue weighted by molar-refractivity contribution is 7.99. The third-order valence-corrected chi connectivity index (χ3v) is 5.62. The van der Waals surface area contributed by atoms with Gasteiger partial charge in [-0.05, 0) is 42.7 Å². The fourth-order valence-electron chi connectivity index (χ4n) is 1.55. The number of hydrogen-bond acceptors (Lipinski definition) is 4. The van der Waals surface area contributed by atoms with Crippen molar-refractivity contribution in [1.29, 1.82) is 0 Å². The van der Waals surface area contributed by atoms with Crippen LogP contribution in [0.3, 0.4) is 0 Å². The van der Waals surface area contributed by atoms with E-state index in [4.69, 9.17) is 11.6 Å². The Morgan fingerprint density at radius 2 is 2.00 bits per heavy atom. The highest BCUT2D eigenvalue weighted by Crippen LogP contribution is 2.25.